The normalized spacial score (nSPS) is 15.1. The highest BCUT2D eigenvalue weighted by molar-refractivity contribution is 7.98. The molecule has 0 bridgehead atoms. The van der Waals surface area contributed by atoms with E-state index in [-0.39, 0.29) is 5.75 Å². The summed E-state index contributed by atoms with van der Waals surface area (Å²) in [6, 6.07) is 23.0. The summed E-state index contributed by atoms with van der Waals surface area (Å²) in [5, 5.41) is 0.922. The molecule has 0 spiro atoms. The Morgan fingerprint density at radius 2 is 1.65 bits per heavy atom. The molecular formula is C26H24F3N3OS. The molecule has 3 aromatic carbocycles. The number of benzene rings is 3. The van der Waals surface area contributed by atoms with Crippen LogP contribution in [0.2, 0.25) is 0 Å². The lowest BCUT2D eigenvalue weighted by atomic mass is 9.89. The lowest BCUT2D eigenvalue weighted by Gasteiger charge is -2.34. The molecule has 2 heterocycles. The maximum absolute atomic E-state index is 12.4. The topological polar surface area (TPSA) is 41.1 Å². The van der Waals surface area contributed by atoms with Crippen LogP contribution in [0.25, 0.3) is 11.0 Å². The number of anilines is 1. The van der Waals surface area contributed by atoms with E-state index < -0.39 is 6.36 Å². The molecule has 1 fully saturated rings. The van der Waals surface area contributed by atoms with Crippen LogP contribution in [0, 0.1) is 0 Å². The van der Waals surface area contributed by atoms with Gasteiger partial charge >= 0.3 is 6.36 Å². The minimum absolute atomic E-state index is 0.174. The number of ether oxygens (including phenoxy) is 1. The van der Waals surface area contributed by atoms with Crippen LogP contribution in [0.3, 0.4) is 0 Å². The molecule has 0 radical (unpaired) electrons. The number of aromatic nitrogens is 2. The zero-order valence-corrected chi connectivity index (χ0v) is 19.2. The second-order valence-electron chi connectivity index (χ2n) is 8.39. The molecule has 1 N–H and O–H groups in total. The van der Waals surface area contributed by atoms with Gasteiger partial charge < -0.3 is 14.6 Å². The molecule has 0 unspecified atom stereocenters. The molecule has 1 aliphatic rings. The highest BCUT2D eigenvalue weighted by Crippen LogP contribution is 2.33. The first-order valence-electron chi connectivity index (χ1n) is 11.2. The summed E-state index contributed by atoms with van der Waals surface area (Å²) >= 11 is 1.69. The molecule has 5 rings (SSSR count). The van der Waals surface area contributed by atoms with Crippen molar-refractivity contribution in [2.45, 2.75) is 36.0 Å². The number of para-hydroxylation sites is 2. The number of alkyl halides is 3. The van der Waals surface area contributed by atoms with Crippen molar-refractivity contribution in [3.63, 3.8) is 0 Å². The number of thioether (sulfide) groups is 1. The van der Waals surface area contributed by atoms with Crippen LogP contribution >= 0.6 is 11.8 Å². The summed E-state index contributed by atoms with van der Waals surface area (Å²) in [6.07, 6.45) is -2.74. The number of rotatable bonds is 6. The van der Waals surface area contributed by atoms with Crippen molar-refractivity contribution in [3.05, 3.63) is 83.9 Å². The third-order valence-electron chi connectivity index (χ3n) is 6.12. The number of piperidine rings is 1. The highest BCUT2D eigenvalue weighted by atomic mass is 32.2. The monoisotopic (exact) mass is 483 g/mol. The Morgan fingerprint density at radius 3 is 2.32 bits per heavy atom. The van der Waals surface area contributed by atoms with Gasteiger partial charge in [-0.15, -0.1) is 13.2 Å². The number of hydrogen-bond acceptors (Lipinski definition) is 4. The van der Waals surface area contributed by atoms with Crippen LogP contribution in [-0.4, -0.2) is 29.4 Å². The predicted octanol–water partition coefficient (Wildman–Crippen LogP) is 7.14. The van der Waals surface area contributed by atoms with E-state index in [4.69, 9.17) is 0 Å². The largest absolute Gasteiger partial charge is 0.573 e. The molecule has 0 amide bonds. The summed E-state index contributed by atoms with van der Waals surface area (Å²) in [5.74, 6) is 1.01. The fraction of sp³-hybridized carbons (Fsp3) is 0.269. The Labute approximate surface area is 200 Å². The van der Waals surface area contributed by atoms with Gasteiger partial charge in [-0.1, -0.05) is 48.2 Å². The predicted molar refractivity (Wildman–Crippen MR) is 129 cm³/mol. The van der Waals surface area contributed by atoms with Crippen LogP contribution < -0.4 is 9.64 Å². The first kappa shape index (κ1) is 22.7. The van der Waals surface area contributed by atoms with Crippen LogP contribution in [0.5, 0.6) is 5.75 Å². The van der Waals surface area contributed by atoms with Gasteiger partial charge in [-0.25, -0.2) is 4.98 Å². The summed E-state index contributed by atoms with van der Waals surface area (Å²) in [7, 11) is 0. The van der Waals surface area contributed by atoms with Crippen LogP contribution in [0.4, 0.5) is 18.9 Å². The van der Waals surface area contributed by atoms with Crippen LogP contribution in [0.1, 0.15) is 29.9 Å². The Hall–Kier alpha value is -3.13. The van der Waals surface area contributed by atoms with Gasteiger partial charge in [-0.3, -0.25) is 0 Å². The number of nitrogens with zero attached hydrogens (tertiary/aromatic N) is 2. The Morgan fingerprint density at radius 1 is 0.941 bits per heavy atom. The van der Waals surface area contributed by atoms with E-state index in [1.807, 2.05) is 24.3 Å². The number of halogens is 3. The number of hydrogen-bond donors (Lipinski definition) is 1. The van der Waals surface area contributed by atoms with Gasteiger partial charge in [-0.2, -0.15) is 0 Å². The zero-order chi connectivity index (χ0) is 23.5. The van der Waals surface area contributed by atoms with Crippen molar-refractivity contribution < 1.29 is 17.9 Å². The first-order chi connectivity index (χ1) is 16.4. The van der Waals surface area contributed by atoms with Gasteiger partial charge in [0.1, 0.15) is 5.75 Å². The SMILES string of the molecule is FC(F)(F)Oc1ccc(C2CCN(c3ccc(CSc4nc5ccccc5[nH]4)cc3)CC2)cc1. The highest BCUT2D eigenvalue weighted by Gasteiger charge is 2.31. The van der Waals surface area contributed by atoms with Crippen LogP contribution in [-0.2, 0) is 5.75 Å². The quantitative estimate of drug-likeness (QED) is 0.296. The lowest BCUT2D eigenvalue weighted by molar-refractivity contribution is -0.274. The van der Waals surface area contributed by atoms with Gasteiger partial charge in [0.15, 0.2) is 5.16 Å². The van der Waals surface area contributed by atoms with Crippen molar-refractivity contribution in [1.29, 1.82) is 0 Å². The molecular weight excluding hydrogens is 459 g/mol. The maximum Gasteiger partial charge on any atom is 0.573 e. The van der Waals surface area contributed by atoms with Gasteiger partial charge in [-0.05, 0) is 66.3 Å². The van der Waals surface area contributed by atoms with E-state index in [2.05, 4.69) is 43.9 Å². The van der Waals surface area contributed by atoms with E-state index in [1.165, 1.54) is 23.4 Å². The molecule has 1 saturated heterocycles. The summed E-state index contributed by atoms with van der Waals surface area (Å²) < 4.78 is 41.0. The average molecular weight is 484 g/mol. The second-order valence-corrected chi connectivity index (χ2v) is 9.36. The molecule has 0 atom stereocenters. The van der Waals surface area contributed by atoms with E-state index in [0.29, 0.717) is 5.92 Å². The zero-order valence-electron chi connectivity index (χ0n) is 18.4. The van der Waals surface area contributed by atoms with E-state index >= 15 is 0 Å². The molecule has 176 valence electrons. The second kappa shape index (κ2) is 9.62. The average Bonchev–Trinajstić information content (AvgIpc) is 3.26. The molecule has 1 aliphatic heterocycles. The minimum atomic E-state index is -4.66. The van der Waals surface area contributed by atoms with Crippen molar-refractivity contribution in [2.75, 3.05) is 18.0 Å². The smallest absolute Gasteiger partial charge is 0.406 e. The van der Waals surface area contributed by atoms with Gasteiger partial charge in [0, 0.05) is 24.5 Å². The fourth-order valence-electron chi connectivity index (χ4n) is 4.37. The Balaban J connectivity index is 1.13. The van der Waals surface area contributed by atoms with Crippen molar-refractivity contribution in [1.82, 2.24) is 9.97 Å². The van der Waals surface area contributed by atoms with Crippen molar-refractivity contribution in [2.24, 2.45) is 0 Å². The third-order valence-corrected chi connectivity index (χ3v) is 7.07. The summed E-state index contributed by atoms with van der Waals surface area (Å²) in [5.41, 5.74) is 5.53. The number of H-pyrrole nitrogens is 1. The molecule has 8 heteroatoms. The number of imidazole rings is 1. The molecule has 0 saturated carbocycles. The van der Waals surface area contributed by atoms with E-state index in [1.54, 1.807) is 23.9 Å². The molecule has 0 aliphatic carbocycles. The molecule has 34 heavy (non-hydrogen) atoms. The maximum atomic E-state index is 12.4. The molecule has 1 aromatic heterocycles. The van der Waals surface area contributed by atoms with E-state index in [0.717, 1.165) is 53.4 Å². The number of fused-ring (bicyclic) bond motifs is 1. The third kappa shape index (κ3) is 5.50. The van der Waals surface area contributed by atoms with Gasteiger partial charge in [0.25, 0.3) is 0 Å². The van der Waals surface area contributed by atoms with Gasteiger partial charge in [0.05, 0.1) is 11.0 Å². The lowest BCUT2D eigenvalue weighted by Crippen LogP contribution is -2.32. The van der Waals surface area contributed by atoms with E-state index in [9.17, 15) is 13.2 Å². The Bertz CT molecular complexity index is 1200. The fourth-order valence-corrected chi connectivity index (χ4v) is 5.21. The van der Waals surface area contributed by atoms with Crippen LogP contribution in [0.15, 0.2) is 78.0 Å². The van der Waals surface area contributed by atoms with Gasteiger partial charge in [0.2, 0.25) is 0 Å². The first-order valence-corrected chi connectivity index (χ1v) is 12.2. The molecule has 4 nitrogen and oxygen atoms in total. The Kier molecular flexibility index (Phi) is 6.41. The van der Waals surface area contributed by atoms with Crippen molar-refractivity contribution in [3.8, 4) is 5.75 Å². The van der Waals surface area contributed by atoms with Crippen molar-refractivity contribution >= 4 is 28.5 Å². The summed E-state index contributed by atoms with van der Waals surface area (Å²) in [4.78, 5) is 10.3. The number of aromatic amines is 1. The summed E-state index contributed by atoms with van der Waals surface area (Å²) in [6.45, 7) is 1.83. The standard InChI is InChI=1S/C26H24F3N3OS/c27-26(28,29)33-22-11-7-19(8-12-22)20-13-15-32(16-14-20)21-9-5-18(6-10-21)17-34-25-30-23-3-1-2-4-24(23)31-25/h1-12,20H,13-17H2,(H,30,31). The minimum Gasteiger partial charge on any atom is -0.406 e. The molecule has 4 aromatic rings. The number of nitrogens with one attached hydrogen (secondary N) is 1.